The molecule has 1 saturated carbocycles. The molecular formula is C47H100. The molecule has 0 N–H and O–H groups in total. The molecule has 0 amide bonds. The van der Waals surface area contributed by atoms with Gasteiger partial charge in [0.25, 0.3) is 0 Å². The number of hydrogen-bond acceptors (Lipinski definition) is 0. The number of allylic oxidation sites excluding steroid dienone is 4. The smallest absolute Gasteiger partial charge is 0.0302 e. The van der Waals surface area contributed by atoms with Gasteiger partial charge in [-0.3, -0.25) is 0 Å². The Labute approximate surface area is 304 Å². The Bertz CT molecular complexity index is 638. The van der Waals surface area contributed by atoms with Gasteiger partial charge in [0.2, 0.25) is 0 Å². The van der Waals surface area contributed by atoms with E-state index in [-0.39, 0.29) is 0 Å². The Kier molecular flexibility index (Phi) is 33.5. The third-order valence-electron chi connectivity index (χ3n) is 6.26. The van der Waals surface area contributed by atoms with E-state index in [0.717, 1.165) is 24.7 Å². The third-order valence-corrected chi connectivity index (χ3v) is 6.26. The minimum Gasteiger partial charge on any atom is -0.0888 e. The van der Waals surface area contributed by atoms with Crippen LogP contribution in [0.15, 0.2) is 24.3 Å². The molecule has 2 atom stereocenters. The lowest BCUT2D eigenvalue weighted by Gasteiger charge is -2.17. The van der Waals surface area contributed by atoms with Crippen LogP contribution in [0.4, 0.5) is 0 Å². The van der Waals surface area contributed by atoms with Crippen LogP contribution in [0.5, 0.6) is 0 Å². The highest BCUT2D eigenvalue weighted by Crippen LogP contribution is 2.47. The van der Waals surface area contributed by atoms with Crippen LogP contribution in [0.25, 0.3) is 0 Å². The molecular weight excluding hydrogens is 565 g/mol. The van der Waals surface area contributed by atoms with Crippen LogP contribution in [0.2, 0.25) is 0 Å². The molecule has 1 rings (SSSR count). The second-order valence-corrected chi connectivity index (χ2v) is 22.2. The Morgan fingerprint density at radius 2 is 0.766 bits per heavy atom. The summed E-state index contributed by atoms with van der Waals surface area (Å²) in [6.45, 7) is 53.9. The first-order valence-electron chi connectivity index (χ1n) is 20.0. The predicted octanol–water partition coefficient (Wildman–Crippen LogP) is 18.0. The second-order valence-electron chi connectivity index (χ2n) is 22.2. The molecule has 0 saturated heterocycles. The van der Waals surface area contributed by atoms with Crippen LogP contribution < -0.4 is 0 Å². The van der Waals surface area contributed by atoms with Gasteiger partial charge < -0.3 is 0 Å². The summed E-state index contributed by atoms with van der Waals surface area (Å²) in [7, 11) is 0. The predicted molar refractivity (Wildman–Crippen MR) is 227 cm³/mol. The fourth-order valence-electron chi connectivity index (χ4n) is 3.96. The Morgan fingerprint density at radius 1 is 0.426 bits per heavy atom. The highest BCUT2D eigenvalue weighted by Gasteiger charge is 2.37. The Balaban J connectivity index is -0.000000153. The molecule has 0 spiro atoms. The molecule has 288 valence electrons. The van der Waals surface area contributed by atoms with Crippen molar-refractivity contribution in [2.24, 2.45) is 44.3 Å². The van der Waals surface area contributed by atoms with Crippen molar-refractivity contribution in [1.82, 2.24) is 0 Å². The summed E-state index contributed by atoms with van der Waals surface area (Å²) in [6.07, 6.45) is 23.6. The fourth-order valence-corrected chi connectivity index (χ4v) is 3.96. The normalized spacial score (nSPS) is 16.7. The van der Waals surface area contributed by atoms with E-state index in [2.05, 4.69) is 190 Å². The molecule has 0 heterocycles. The van der Waals surface area contributed by atoms with E-state index in [1.807, 2.05) is 0 Å². The van der Waals surface area contributed by atoms with Crippen molar-refractivity contribution in [3.63, 3.8) is 0 Å². The van der Waals surface area contributed by atoms with E-state index in [4.69, 9.17) is 0 Å². The summed E-state index contributed by atoms with van der Waals surface area (Å²) in [5.74, 6) is 2.16. The quantitative estimate of drug-likeness (QED) is 0.170. The first kappa shape index (κ1) is 55.9. The van der Waals surface area contributed by atoms with E-state index < -0.39 is 0 Å². The van der Waals surface area contributed by atoms with Crippen molar-refractivity contribution in [2.75, 3.05) is 0 Å². The van der Waals surface area contributed by atoms with Crippen LogP contribution in [0, 0.1) is 44.3 Å². The van der Waals surface area contributed by atoms with Gasteiger partial charge in [0.15, 0.2) is 0 Å². The topological polar surface area (TPSA) is 0 Å². The van der Waals surface area contributed by atoms with Gasteiger partial charge in [0, 0.05) is 0 Å². The molecule has 0 aromatic carbocycles. The molecule has 1 fully saturated rings. The minimum absolute atomic E-state index is 0.464. The van der Waals surface area contributed by atoms with Crippen molar-refractivity contribution < 1.29 is 0 Å². The SMILES string of the molecule is CC(C)(C)C.CC(C)(C)C.CC/C=C/CC(C)(C)C.CC/C=C\CC(C)(C)C.CCC1CC1CC(C)(C)C.CCCCCC(C)(C)C. The lowest BCUT2D eigenvalue weighted by atomic mass is 9.89. The average molecular weight is 665 g/mol. The van der Waals surface area contributed by atoms with Gasteiger partial charge in [-0.1, -0.05) is 216 Å². The van der Waals surface area contributed by atoms with Gasteiger partial charge in [-0.15, -0.1) is 0 Å². The Hall–Kier alpha value is -0.520. The van der Waals surface area contributed by atoms with Crippen LogP contribution in [-0.4, -0.2) is 0 Å². The number of rotatable bonds is 9. The highest BCUT2D eigenvalue weighted by atomic mass is 14.4. The Morgan fingerprint density at radius 3 is 0.957 bits per heavy atom. The molecule has 0 bridgehead atoms. The summed E-state index contributed by atoms with van der Waals surface area (Å²) < 4.78 is 0. The lowest BCUT2D eigenvalue weighted by molar-refractivity contribution is 0.343. The standard InChI is InChI=1S/C10H20.C9H20.2C9H18.2C5H12/c1-5-8-6-9(8)7-10(2,3)4;3*1-5-6-7-8-9(2,3)4;2*1-5(2,3)4/h8-9H,5-7H2,1-4H3;5-8H2,1-4H3;2*6-7H,5,8H2,1-4H3;2*1-4H3/b;;7-6+;7-6-;;. The van der Waals surface area contributed by atoms with Crippen molar-refractivity contribution in [1.29, 1.82) is 0 Å². The minimum atomic E-state index is 0.464. The number of unbranched alkanes of at least 4 members (excludes halogenated alkanes) is 2. The maximum atomic E-state index is 2.35. The van der Waals surface area contributed by atoms with E-state index >= 15 is 0 Å². The van der Waals surface area contributed by atoms with Gasteiger partial charge in [-0.05, 0) is 89.3 Å². The van der Waals surface area contributed by atoms with E-state index in [9.17, 15) is 0 Å². The van der Waals surface area contributed by atoms with Gasteiger partial charge in [-0.25, -0.2) is 0 Å². The van der Waals surface area contributed by atoms with E-state index in [1.54, 1.807) is 0 Å². The monoisotopic (exact) mass is 665 g/mol. The fraction of sp³-hybridized carbons (Fsp3) is 0.915. The molecule has 47 heavy (non-hydrogen) atoms. The van der Waals surface area contributed by atoms with Crippen molar-refractivity contribution in [3.8, 4) is 0 Å². The summed E-state index contributed by atoms with van der Waals surface area (Å²) in [5, 5.41) is 0. The molecule has 0 nitrogen and oxygen atoms in total. The van der Waals surface area contributed by atoms with Crippen molar-refractivity contribution >= 4 is 0 Å². The molecule has 0 aliphatic heterocycles. The maximum Gasteiger partial charge on any atom is -0.0302 e. The van der Waals surface area contributed by atoms with Crippen LogP contribution >= 0.6 is 0 Å². The molecule has 0 aromatic rings. The van der Waals surface area contributed by atoms with Crippen LogP contribution in [0.3, 0.4) is 0 Å². The average Bonchev–Trinajstić information content (AvgIpc) is 3.52. The first-order valence-corrected chi connectivity index (χ1v) is 20.0. The van der Waals surface area contributed by atoms with Gasteiger partial charge in [0.1, 0.15) is 0 Å². The van der Waals surface area contributed by atoms with E-state index in [0.29, 0.717) is 32.5 Å². The molecule has 0 aromatic heterocycles. The first-order chi connectivity index (χ1) is 20.7. The summed E-state index contributed by atoms with van der Waals surface area (Å²) in [6, 6.07) is 0. The van der Waals surface area contributed by atoms with E-state index in [1.165, 1.54) is 57.8 Å². The zero-order chi connectivity index (χ0) is 38.8. The number of hydrogen-bond donors (Lipinski definition) is 0. The van der Waals surface area contributed by atoms with Crippen LogP contribution in [0.1, 0.15) is 237 Å². The summed E-state index contributed by atoms with van der Waals surface area (Å²) >= 11 is 0. The zero-order valence-corrected chi connectivity index (χ0v) is 38.2. The van der Waals surface area contributed by atoms with Crippen molar-refractivity contribution in [3.05, 3.63) is 24.3 Å². The van der Waals surface area contributed by atoms with Gasteiger partial charge >= 0.3 is 0 Å². The molecule has 1 aliphatic rings. The molecule has 2 unspecified atom stereocenters. The zero-order valence-electron chi connectivity index (χ0n) is 38.2. The van der Waals surface area contributed by atoms with Crippen molar-refractivity contribution in [2.45, 2.75) is 237 Å². The van der Waals surface area contributed by atoms with Crippen LogP contribution in [-0.2, 0) is 0 Å². The molecule has 1 aliphatic carbocycles. The summed E-state index contributed by atoms with van der Waals surface area (Å²) in [5.41, 5.74) is 3.04. The van der Waals surface area contributed by atoms with Gasteiger partial charge in [0.05, 0.1) is 0 Å². The van der Waals surface area contributed by atoms with Gasteiger partial charge in [-0.2, -0.15) is 0 Å². The second kappa shape index (κ2) is 28.2. The maximum absolute atomic E-state index is 2.35. The lowest BCUT2D eigenvalue weighted by Crippen LogP contribution is -2.06. The molecule has 0 radical (unpaired) electrons. The molecule has 0 heteroatoms. The third kappa shape index (κ3) is 92.5. The largest absolute Gasteiger partial charge is 0.0888 e. The highest BCUT2D eigenvalue weighted by molar-refractivity contribution is 4.88. The summed E-state index contributed by atoms with van der Waals surface area (Å²) in [4.78, 5) is 0.